The standard InChI is InChI=1S/C20H29F3O7S.C19H32O2.C18H13S.C15H24O.C13H18O5.C12H14O5/c1-4-17(2,3)15(24)30-19-8-12-5-13(9-19)7-18(6-12,11-19)16(25)29-14(20(21,22)23)10-31(26,27)28;1-6-17(2,3)16(20)21-18(4,5)19-10-13-7-14(11-19)9-15(8-13)12-19;1-2-8-14(9-3-1)19-17-12-6-4-10-15(17)16-11-5-7-13-18(16)19;1-6-12(3)13-8-10-14(11-9-13)16-15(4,5)7-2;1-4-13(2,3)12(15)18-9-7-5-6-8(16-7)10(9)17-11(6)14;1-4-12(2,3)11(16)17-10-6-8(14)7(13)5-9(10)15/h12-14H,4-11H2,1-3H3,(H,26,27,28);13-15H,6-12H2,1-5H3;1-13H;8-12H,6-7H2,1-5H3;6-10H,4-5H2,1-3H3;5-6,13H,4H2,1-3H3/q;;+1;;;/p-1. The lowest BCUT2D eigenvalue weighted by atomic mass is 9.46. The molecule has 9 unspecified atom stereocenters. The van der Waals surface area contributed by atoms with Crippen LogP contribution in [0.15, 0.2) is 127 Å². The van der Waals surface area contributed by atoms with Crippen molar-refractivity contribution in [1.29, 1.82) is 0 Å². The molecule has 9 atom stereocenters. The number of thiophene rings is 1. The molecule has 4 heterocycles. The Morgan fingerprint density at radius 3 is 1.57 bits per heavy atom. The molecule has 9 aliphatic carbocycles. The number of aliphatic hydroxyl groups excluding tert-OH is 1. The van der Waals surface area contributed by atoms with Crippen LogP contribution in [0.2, 0.25) is 0 Å². The van der Waals surface area contributed by atoms with Crippen molar-refractivity contribution in [2.45, 2.75) is 313 Å². The van der Waals surface area contributed by atoms with Crippen molar-refractivity contribution in [3.05, 3.63) is 132 Å². The summed E-state index contributed by atoms with van der Waals surface area (Å²) in [5.74, 6) is -2.77. The van der Waals surface area contributed by atoms with Crippen LogP contribution in [0.1, 0.15) is 265 Å². The number of ether oxygens (including phenoxy) is 8. The lowest BCUT2D eigenvalue weighted by molar-refractivity contribution is -0.239. The number of halogens is 3. The summed E-state index contributed by atoms with van der Waals surface area (Å²) in [6.45, 7) is 37.5. The van der Waals surface area contributed by atoms with Gasteiger partial charge in [0.1, 0.15) is 28.7 Å². The Balaban J connectivity index is 0.000000156. The summed E-state index contributed by atoms with van der Waals surface area (Å²) in [6, 6.07) is 36.9. The van der Waals surface area contributed by atoms with Crippen molar-refractivity contribution in [3.8, 4) is 10.6 Å². The summed E-state index contributed by atoms with van der Waals surface area (Å²) in [6.07, 6.45) is 8.28. The number of fused-ring (bicyclic) bond motifs is 4. The average molecular weight is 1740 g/mol. The van der Waals surface area contributed by atoms with E-state index in [1.54, 1.807) is 27.7 Å². The smallest absolute Gasteiger partial charge is 0.426 e. The lowest BCUT2D eigenvalue weighted by Crippen LogP contribution is -2.61. The van der Waals surface area contributed by atoms with E-state index in [-0.39, 0.29) is 92.6 Å². The van der Waals surface area contributed by atoms with E-state index in [1.807, 2.05) is 48.5 Å². The summed E-state index contributed by atoms with van der Waals surface area (Å²) >= 11 is 0. The van der Waals surface area contributed by atoms with Crippen molar-refractivity contribution in [3.63, 3.8) is 0 Å². The molecule has 122 heavy (non-hydrogen) atoms. The molecule has 10 bridgehead atoms. The number of benzene rings is 4. The molecule has 0 spiro atoms. The molecule has 4 aromatic carbocycles. The van der Waals surface area contributed by atoms with E-state index in [0.29, 0.717) is 57.3 Å². The molecule has 1 aromatic heterocycles. The molecule has 11 fully saturated rings. The average Bonchev–Trinajstić information content (AvgIpc) is 1.08. The number of rotatable bonds is 23. The molecule has 1 N–H and O–H groups in total. The van der Waals surface area contributed by atoms with E-state index in [4.69, 9.17) is 38.3 Å². The summed E-state index contributed by atoms with van der Waals surface area (Å²) < 4.78 is 119. The van der Waals surface area contributed by atoms with Crippen molar-refractivity contribution >= 4 is 88.1 Å². The van der Waals surface area contributed by atoms with Crippen molar-refractivity contribution in [1.82, 2.24) is 0 Å². The highest BCUT2D eigenvalue weighted by molar-refractivity contribution is 7.85. The van der Waals surface area contributed by atoms with E-state index in [2.05, 4.69) is 163 Å². The van der Waals surface area contributed by atoms with Crippen LogP contribution in [0, 0.1) is 68.0 Å². The summed E-state index contributed by atoms with van der Waals surface area (Å²) in [4.78, 5) is 97.4. The number of carbonyl (C=O) groups excluding carboxylic acids is 8. The van der Waals surface area contributed by atoms with Crippen LogP contribution in [-0.4, -0.2) is 125 Å². The predicted octanol–water partition coefficient (Wildman–Crippen LogP) is 21.3. The van der Waals surface area contributed by atoms with Crippen LogP contribution < -0.4 is 4.74 Å². The van der Waals surface area contributed by atoms with Crippen molar-refractivity contribution in [2.24, 2.45) is 68.0 Å². The maximum absolute atomic E-state index is 13.3. The van der Waals surface area contributed by atoms with Gasteiger partial charge >= 0.3 is 42.0 Å². The van der Waals surface area contributed by atoms with Crippen LogP contribution in [0.5, 0.6) is 5.75 Å². The molecule has 0 amide bonds. The van der Waals surface area contributed by atoms with E-state index >= 15 is 0 Å². The van der Waals surface area contributed by atoms with Gasteiger partial charge in [-0.1, -0.05) is 103 Å². The molecule has 20 nitrogen and oxygen atoms in total. The Hall–Kier alpha value is -8.00. The second-order valence-corrected chi connectivity index (χ2v) is 43.0. The summed E-state index contributed by atoms with van der Waals surface area (Å²) in [7, 11) is -5.21. The second kappa shape index (κ2) is 37.3. The molecule has 12 aliphatic rings. The number of hydrogen-bond donors (Lipinski definition) is 1. The van der Waals surface area contributed by atoms with Crippen molar-refractivity contribution < 1.29 is 107 Å². The first-order valence-corrected chi connectivity index (χ1v) is 46.6. The predicted molar refractivity (Wildman–Crippen MR) is 460 cm³/mol. The minimum atomic E-state index is -5.27. The highest BCUT2D eigenvalue weighted by Gasteiger charge is 2.67. The van der Waals surface area contributed by atoms with Crippen LogP contribution in [0.3, 0.4) is 0 Å². The maximum atomic E-state index is 13.3. The molecule has 670 valence electrons. The Kier molecular flexibility index (Phi) is 29.4. The van der Waals surface area contributed by atoms with Gasteiger partial charge in [-0.2, -0.15) is 13.2 Å². The number of ketones is 2. The zero-order chi connectivity index (χ0) is 90.1. The van der Waals surface area contributed by atoms with E-state index < -0.39 is 103 Å². The lowest BCUT2D eigenvalue weighted by Gasteiger charge is -2.61. The molecule has 0 radical (unpaired) electrons. The maximum Gasteiger partial charge on any atom is 0.426 e. The molecule has 3 aliphatic heterocycles. The van der Waals surface area contributed by atoms with E-state index in [0.717, 1.165) is 54.9 Å². The van der Waals surface area contributed by atoms with Gasteiger partial charge in [-0.15, -0.1) is 0 Å². The quantitative estimate of drug-likeness (QED) is 0.0209. The van der Waals surface area contributed by atoms with Gasteiger partial charge in [-0.25, -0.2) is 8.42 Å². The third-order valence-electron chi connectivity index (χ3n) is 28.2. The number of hydrogen-bond acceptors (Lipinski definition) is 20. The van der Waals surface area contributed by atoms with Gasteiger partial charge in [0.2, 0.25) is 17.7 Å². The monoisotopic (exact) mass is 1730 g/mol. The summed E-state index contributed by atoms with van der Waals surface area (Å²) in [5, 5.41) is 11.8. The zero-order valence-corrected chi connectivity index (χ0v) is 76.3. The Morgan fingerprint density at radius 2 is 1.07 bits per heavy atom. The Bertz CT molecular complexity index is 4710. The van der Waals surface area contributed by atoms with E-state index in [1.165, 1.54) is 75.6 Å². The summed E-state index contributed by atoms with van der Waals surface area (Å²) in [5.41, 5.74) is -3.30. The fourth-order valence-corrected chi connectivity index (χ4v) is 22.1. The van der Waals surface area contributed by atoms with Crippen molar-refractivity contribution in [2.75, 3.05) is 5.75 Å². The SMILES string of the molecule is CCC(C)(C)C(=O)OC(C)(C)C12CC3CC(CC(C3)C1)C2.CCC(C)(C)C(=O)OC12CC3CC(C1)CC(C(=O)OC(CS(=O)(=O)[O-])C(F)(F)F)(C3)C2.CCC(C)(C)C(=O)OC1=CC(=O)C(O)=CC1=O.CCC(C)(C)C(=O)OC1C2CC3C(=O)OC1C3O2.CCC(C)c1ccc(OC(C)(C)CC)cc1.c1ccc(-[s+]2c3ccccc3c3ccccc32)cc1. The molecule has 5 aromatic rings. The molecule has 17 rings (SSSR count). The van der Waals surface area contributed by atoms with Gasteiger partial charge in [-0.3, -0.25) is 38.4 Å². The third-order valence-corrected chi connectivity index (χ3v) is 31.2. The Morgan fingerprint density at radius 1 is 0.582 bits per heavy atom. The van der Waals surface area contributed by atoms with Crippen LogP contribution in [-0.2, 0) is 81.6 Å². The zero-order valence-electron chi connectivity index (χ0n) is 74.7. The fraction of sp³-hybridized carbons (Fsp3) is 0.629. The van der Waals surface area contributed by atoms with Crippen LogP contribution in [0.25, 0.3) is 25.1 Å². The highest BCUT2D eigenvalue weighted by atomic mass is 32.2. The van der Waals surface area contributed by atoms with Gasteiger partial charge in [0.05, 0.1) is 55.0 Å². The first kappa shape index (κ1) is 96.2. The minimum absolute atomic E-state index is 0.00100. The topological polar surface area (TPSA) is 288 Å². The van der Waals surface area contributed by atoms with Gasteiger partial charge in [0, 0.05) is 45.2 Å². The number of alkyl halides is 3. The number of esters is 6. The first-order valence-electron chi connectivity index (χ1n) is 43.8. The normalized spacial score (nSPS) is 27.1. The van der Waals surface area contributed by atoms with Gasteiger partial charge < -0.3 is 47.6 Å². The minimum Gasteiger partial charge on any atom is -0.748 e. The molecule has 3 saturated heterocycles. The number of aliphatic hydroxyl groups is 1. The molecular weight excluding hydrogens is 1610 g/mol. The van der Waals surface area contributed by atoms with Gasteiger partial charge in [-0.05, 0) is 288 Å². The third kappa shape index (κ3) is 21.9. The number of allylic oxidation sites excluding steroid dienone is 2. The van der Waals surface area contributed by atoms with Gasteiger partial charge in [0.15, 0.2) is 38.0 Å². The molecular formula is C97H129F3O20S2. The highest BCUT2D eigenvalue weighted by Crippen LogP contribution is 2.66. The Labute approximate surface area is 721 Å². The fourth-order valence-electron chi connectivity index (χ4n) is 19.1. The first-order chi connectivity index (χ1) is 56.8. The van der Waals surface area contributed by atoms with Crippen LogP contribution >= 0.6 is 10.5 Å². The largest absolute Gasteiger partial charge is 0.748 e. The van der Waals surface area contributed by atoms with E-state index in [9.17, 15) is 64.5 Å². The second-order valence-electron chi connectivity index (χ2n) is 39.6. The molecule has 8 saturated carbocycles. The number of carbonyl (C=O) groups is 8. The van der Waals surface area contributed by atoms with Crippen LogP contribution in [0.4, 0.5) is 13.2 Å². The molecule has 25 heteroatoms. The van der Waals surface area contributed by atoms with Gasteiger partial charge in [0.25, 0.3) is 0 Å².